The Morgan fingerprint density at radius 1 is 1.11 bits per heavy atom. The van der Waals surface area contributed by atoms with Gasteiger partial charge in [0.15, 0.2) is 15.6 Å². The molecule has 0 N–H and O–H groups in total. The molecule has 0 saturated carbocycles. The van der Waals surface area contributed by atoms with Gasteiger partial charge in [-0.05, 0) is 24.8 Å². The Hall–Kier alpha value is -1.16. The highest BCUT2D eigenvalue weighted by molar-refractivity contribution is 7.92. The molecule has 4 heteroatoms. The summed E-state index contributed by atoms with van der Waals surface area (Å²) in [4.78, 5) is 11.9. The molecule has 0 bridgehead atoms. The van der Waals surface area contributed by atoms with Crippen LogP contribution in [0.5, 0.6) is 0 Å². The van der Waals surface area contributed by atoms with Gasteiger partial charge in [-0.25, -0.2) is 8.42 Å². The SMILES string of the molecule is CC(C)S(=O)(=O)CC(=O)c1ccc(C(C)(C)C)cc1. The minimum absolute atomic E-state index is 0.0194. The first-order chi connectivity index (χ1) is 8.54. The van der Waals surface area contributed by atoms with Gasteiger partial charge in [0.1, 0.15) is 5.75 Å². The highest BCUT2D eigenvalue weighted by Crippen LogP contribution is 2.22. The molecule has 0 spiro atoms. The largest absolute Gasteiger partial charge is 0.293 e. The molecule has 0 unspecified atom stereocenters. The summed E-state index contributed by atoms with van der Waals surface area (Å²) in [6.45, 7) is 9.45. The van der Waals surface area contributed by atoms with Crippen molar-refractivity contribution in [3.8, 4) is 0 Å². The van der Waals surface area contributed by atoms with Crippen molar-refractivity contribution in [2.45, 2.75) is 45.3 Å². The maximum atomic E-state index is 11.9. The van der Waals surface area contributed by atoms with Crippen LogP contribution < -0.4 is 0 Å². The average molecular weight is 282 g/mol. The van der Waals surface area contributed by atoms with Gasteiger partial charge in [0, 0.05) is 5.56 Å². The first kappa shape index (κ1) is 15.9. The Morgan fingerprint density at radius 2 is 1.58 bits per heavy atom. The molecule has 0 saturated heterocycles. The van der Waals surface area contributed by atoms with E-state index >= 15 is 0 Å². The number of ketones is 1. The molecule has 0 aliphatic rings. The first-order valence-electron chi connectivity index (χ1n) is 6.39. The van der Waals surface area contributed by atoms with Crippen molar-refractivity contribution in [3.63, 3.8) is 0 Å². The molecule has 0 aliphatic heterocycles. The van der Waals surface area contributed by atoms with Crippen LogP contribution in [-0.2, 0) is 15.3 Å². The number of carbonyl (C=O) groups excluding carboxylic acids is 1. The molecular formula is C15H22O3S. The molecular weight excluding hydrogens is 260 g/mol. The predicted octanol–water partition coefficient (Wildman–Crippen LogP) is 2.99. The highest BCUT2D eigenvalue weighted by Gasteiger charge is 2.22. The van der Waals surface area contributed by atoms with Crippen LogP contribution in [0.25, 0.3) is 0 Å². The van der Waals surface area contributed by atoms with Crippen molar-refractivity contribution in [2.24, 2.45) is 0 Å². The fraction of sp³-hybridized carbons (Fsp3) is 0.533. The molecule has 0 aliphatic carbocycles. The second kappa shape index (κ2) is 5.45. The molecule has 1 aromatic rings. The van der Waals surface area contributed by atoms with Crippen LogP contribution in [0.2, 0.25) is 0 Å². The maximum Gasteiger partial charge on any atom is 0.177 e. The zero-order valence-electron chi connectivity index (χ0n) is 12.2. The Labute approximate surface area is 116 Å². The summed E-state index contributed by atoms with van der Waals surface area (Å²) in [5.74, 6) is -0.756. The third-order valence-electron chi connectivity index (χ3n) is 3.12. The average Bonchev–Trinajstić information content (AvgIpc) is 2.27. The van der Waals surface area contributed by atoms with Crippen molar-refractivity contribution in [1.82, 2.24) is 0 Å². The fourth-order valence-electron chi connectivity index (χ4n) is 1.59. The summed E-state index contributed by atoms with van der Waals surface area (Å²) >= 11 is 0. The van der Waals surface area contributed by atoms with Gasteiger partial charge in [0.25, 0.3) is 0 Å². The number of hydrogen-bond donors (Lipinski definition) is 0. The summed E-state index contributed by atoms with van der Waals surface area (Å²) in [7, 11) is -3.33. The van der Waals surface area contributed by atoms with E-state index < -0.39 is 20.8 Å². The third kappa shape index (κ3) is 4.16. The Balaban J connectivity index is 2.91. The molecule has 0 aromatic heterocycles. The van der Waals surface area contributed by atoms with Crippen LogP contribution in [0.3, 0.4) is 0 Å². The van der Waals surface area contributed by atoms with E-state index in [4.69, 9.17) is 0 Å². The van der Waals surface area contributed by atoms with Gasteiger partial charge in [0.05, 0.1) is 5.25 Å². The van der Waals surface area contributed by atoms with Crippen LogP contribution >= 0.6 is 0 Å². The van der Waals surface area contributed by atoms with E-state index in [1.807, 2.05) is 12.1 Å². The second-order valence-corrected chi connectivity index (χ2v) is 8.66. The lowest BCUT2D eigenvalue weighted by Gasteiger charge is -2.19. The van der Waals surface area contributed by atoms with E-state index in [0.717, 1.165) is 5.56 Å². The minimum atomic E-state index is -3.33. The maximum absolute atomic E-state index is 11.9. The van der Waals surface area contributed by atoms with Gasteiger partial charge in [-0.1, -0.05) is 45.0 Å². The van der Waals surface area contributed by atoms with Crippen molar-refractivity contribution in [3.05, 3.63) is 35.4 Å². The zero-order chi connectivity index (χ0) is 14.8. The quantitative estimate of drug-likeness (QED) is 0.798. The summed E-state index contributed by atoms with van der Waals surface area (Å²) < 4.78 is 23.4. The fourth-order valence-corrected chi connectivity index (χ4v) is 2.45. The van der Waals surface area contributed by atoms with Crippen molar-refractivity contribution >= 4 is 15.6 Å². The number of benzene rings is 1. The van der Waals surface area contributed by atoms with Crippen LogP contribution in [0.4, 0.5) is 0 Å². The number of carbonyl (C=O) groups is 1. The predicted molar refractivity (Wildman–Crippen MR) is 78.4 cm³/mol. The normalized spacial score (nSPS) is 12.7. The standard InChI is InChI=1S/C15H22O3S/c1-11(2)19(17,18)10-14(16)12-6-8-13(9-7-12)15(3,4)5/h6-9,11H,10H2,1-5H3. The van der Waals surface area contributed by atoms with Crippen molar-refractivity contribution in [1.29, 1.82) is 0 Å². The topological polar surface area (TPSA) is 51.2 Å². The first-order valence-corrected chi connectivity index (χ1v) is 8.11. The van der Waals surface area contributed by atoms with E-state index in [9.17, 15) is 13.2 Å². The molecule has 1 rings (SSSR count). The van der Waals surface area contributed by atoms with E-state index in [-0.39, 0.29) is 11.2 Å². The highest BCUT2D eigenvalue weighted by atomic mass is 32.2. The van der Waals surface area contributed by atoms with E-state index in [1.165, 1.54) is 0 Å². The molecule has 0 heterocycles. The summed E-state index contributed by atoms with van der Waals surface area (Å²) in [5.41, 5.74) is 1.60. The van der Waals surface area contributed by atoms with Gasteiger partial charge in [-0.3, -0.25) is 4.79 Å². The summed E-state index contributed by atoms with van der Waals surface area (Å²) in [6.07, 6.45) is 0. The molecule has 106 valence electrons. The van der Waals surface area contributed by atoms with Crippen LogP contribution in [-0.4, -0.2) is 25.2 Å². The summed E-state index contributed by atoms with van der Waals surface area (Å²) in [6, 6.07) is 7.18. The lowest BCUT2D eigenvalue weighted by Crippen LogP contribution is -2.23. The lowest BCUT2D eigenvalue weighted by molar-refractivity contribution is 0.102. The van der Waals surface area contributed by atoms with Gasteiger partial charge in [0.2, 0.25) is 0 Å². The number of hydrogen-bond acceptors (Lipinski definition) is 3. The molecule has 19 heavy (non-hydrogen) atoms. The van der Waals surface area contributed by atoms with Gasteiger partial charge in [-0.2, -0.15) is 0 Å². The van der Waals surface area contributed by atoms with E-state index in [0.29, 0.717) is 5.56 Å². The van der Waals surface area contributed by atoms with Crippen molar-refractivity contribution in [2.75, 3.05) is 5.75 Å². The molecule has 1 aromatic carbocycles. The van der Waals surface area contributed by atoms with Crippen LogP contribution in [0.1, 0.15) is 50.5 Å². The van der Waals surface area contributed by atoms with E-state index in [1.54, 1.807) is 26.0 Å². The number of rotatable bonds is 4. The Bertz CT molecular complexity index is 546. The van der Waals surface area contributed by atoms with Crippen molar-refractivity contribution < 1.29 is 13.2 Å². The van der Waals surface area contributed by atoms with Crippen LogP contribution in [0, 0.1) is 0 Å². The lowest BCUT2D eigenvalue weighted by atomic mass is 9.86. The second-order valence-electron chi connectivity index (χ2n) is 6.11. The molecule has 0 fully saturated rings. The molecule has 3 nitrogen and oxygen atoms in total. The summed E-state index contributed by atoms with van der Waals surface area (Å²) in [5, 5.41) is -0.523. The van der Waals surface area contributed by atoms with Gasteiger partial charge in [-0.15, -0.1) is 0 Å². The van der Waals surface area contributed by atoms with Gasteiger partial charge < -0.3 is 0 Å². The third-order valence-corrected chi connectivity index (χ3v) is 5.22. The molecule has 0 radical (unpaired) electrons. The molecule has 0 amide bonds. The zero-order valence-corrected chi connectivity index (χ0v) is 13.0. The van der Waals surface area contributed by atoms with Gasteiger partial charge >= 0.3 is 0 Å². The minimum Gasteiger partial charge on any atom is -0.293 e. The van der Waals surface area contributed by atoms with E-state index in [2.05, 4.69) is 20.8 Å². The van der Waals surface area contributed by atoms with Crippen LogP contribution in [0.15, 0.2) is 24.3 Å². The molecule has 0 atom stereocenters. The monoisotopic (exact) mass is 282 g/mol. The Morgan fingerprint density at radius 3 is 1.95 bits per heavy atom. The number of sulfone groups is 1. The number of Topliss-reactive ketones (excluding diaryl/α,β-unsaturated/α-hetero) is 1. The smallest absolute Gasteiger partial charge is 0.177 e. The Kier molecular flexibility index (Phi) is 4.56.